The van der Waals surface area contributed by atoms with Gasteiger partial charge in [0.2, 0.25) is 0 Å². The highest BCUT2D eigenvalue weighted by atomic mass is 32.3. The molecule has 0 radical (unpaired) electrons. The maximum Gasteiger partial charge on any atom is 0.436 e. The fourth-order valence-corrected chi connectivity index (χ4v) is 11.3. The molecule has 0 aliphatic carbocycles. The minimum atomic E-state index is -4.45. The van der Waals surface area contributed by atoms with E-state index >= 15 is 4.21 Å². The maximum absolute atomic E-state index is 15.3. The summed E-state index contributed by atoms with van der Waals surface area (Å²) in [4.78, 5) is 16.8. The summed E-state index contributed by atoms with van der Waals surface area (Å²) in [5, 5.41) is 0. The first-order valence-electron chi connectivity index (χ1n) is 13.8. The zero-order valence-electron chi connectivity index (χ0n) is 26.1. The number of nitrogens with two attached hydrogens (primary N) is 2. The van der Waals surface area contributed by atoms with Crippen LogP contribution in [0.15, 0.2) is 94.4 Å². The normalized spacial score (nSPS) is 13.7. The largest absolute Gasteiger partial charge is 0.442 e. The molecule has 1 unspecified atom stereocenters. The fraction of sp³-hybridized carbons (Fsp3) is 0.250. The number of hydrogen-bond acceptors (Lipinski definition) is 8. The van der Waals surface area contributed by atoms with Gasteiger partial charge in [-0.2, -0.15) is 13.4 Å². The monoisotopic (exact) mass is 684 g/mol. The lowest BCUT2D eigenvalue weighted by Crippen LogP contribution is -2.24. The van der Waals surface area contributed by atoms with Gasteiger partial charge >= 0.3 is 6.09 Å². The molecule has 238 valence electrons. The van der Waals surface area contributed by atoms with Crippen LogP contribution in [0.25, 0.3) is 11.1 Å². The molecule has 0 spiro atoms. The van der Waals surface area contributed by atoms with Gasteiger partial charge in [-0.3, -0.25) is 0 Å². The van der Waals surface area contributed by atoms with Crippen molar-refractivity contribution in [3.05, 3.63) is 88.3 Å². The number of amides is 1. The number of nitrogens with zero attached hydrogens (tertiary/aromatic N) is 2. The Kier molecular flexibility index (Phi) is 9.88. The smallest absolute Gasteiger partial charge is 0.436 e. The van der Waals surface area contributed by atoms with Crippen molar-refractivity contribution in [3.8, 4) is 11.1 Å². The zero-order valence-corrected chi connectivity index (χ0v) is 29.3. The first-order chi connectivity index (χ1) is 20.9. The number of ether oxygens (including phenoxy) is 1. The van der Waals surface area contributed by atoms with Gasteiger partial charge in [-0.1, -0.05) is 33.6 Å². The van der Waals surface area contributed by atoms with E-state index in [1.54, 1.807) is 45.2 Å². The van der Waals surface area contributed by atoms with Gasteiger partial charge in [0.1, 0.15) is 21.2 Å². The van der Waals surface area contributed by atoms with Crippen LogP contribution in [0, 0.1) is 20.8 Å². The van der Waals surface area contributed by atoms with Gasteiger partial charge in [-0.05, 0) is 113 Å². The van der Waals surface area contributed by atoms with E-state index in [2.05, 4.69) is 20.9 Å². The first-order valence-corrected chi connectivity index (χ1v) is 18.8. The number of benzene rings is 3. The molecule has 0 fully saturated rings. The number of thioether (sulfide) groups is 1. The second-order valence-electron chi connectivity index (χ2n) is 11.4. The Morgan fingerprint density at radius 3 is 2.11 bits per heavy atom. The lowest BCUT2D eigenvalue weighted by Gasteiger charge is -2.17. The standard InChI is InChI=1S/C32H36N4O5S4/c1-19-15-20(2)28(21(3)16-19)22-9-8-10-25(17-22)44(38,36-45(39,40)24-13-11-23(33)12-14-24)27-18-26(43-30(27)42-7)29(34)35-31(37)41-32(4,5)6/h8-18H,33H2,1-7H3,(H2,34,35,37). The van der Waals surface area contributed by atoms with E-state index in [0.717, 1.165) is 39.2 Å². The van der Waals surface area contributed by atoms with E-state index in [-0.39, 0.29) is 20.5 Å². The summed E-state index contributed by atoms with van der Waals surface area (Å²) in [6, 6.07) is 18.1. The quantitative estimate of drug-likeness (QED) is 0.0875. The Bertz CT molecular complexity index is 2010. The number of carbonyl (C=O) groups excluding carboxylic acids is 1. The van der Waals surface area contributed by atoms with Crippen LogP contribution in [0.2, 0.25) is 0 Å². The van der Waals surface area contributed by atoms with Crippen molar-refractivity contribution < 1.29 is 22.2 Å². The molecule has 1 amide bonds. The number of anilines is 1. The Labute approximate surface area is 273 Å². The molecule has 4 aromatic rings. The molecule has 1 aromatic heterocycles. The molecule has 0 saturated heterocycles. The summed E-state index contributed by atoms with van der Waals surface area (Å²) in [5.74, 6) is -0.154. The third-order valence-corrected chi connectivity index (χ3v) is 13.4. The average Bonchev–Trinajstić information content (AvgIpc) is 3.37. The molecule has 3 aromatic carbocycles. The van der Waals surface area contributed by atoms with Crippen LogP contribution in [0.4, 0.5) is 10.5 Å². The van der Waals surface area contributed by atoms with Crippen molar-refractivity contribution >= 4 is 60.5 Å². The lowest BCUT2D eigenvalue weighted by molar-refractivity contribution is 0.0604. The fourth-order valence-electron chi connectivity index (χ4n) is 4.75. The van der Waals surface area contributed by atoms with Gasteiger partial charge < -0.3 is 16.2 Å². The summed E-state index contributed by atoms with van der Waals surface area (Å²) >= 11 is 2.39. The lowest BCUT2D eigenvalue weighted by atomic mass is 9.94. The molecular weight excluding hydrogens is 649 g/mol. The number of rotatable bonds is 7. The first kappa shape index (κ1) is 34.2. The zero-order chi connectivity index (χ0) is 33.3. The minimum Gasteiger partial charge on any atom is -0.442 e. The second-order valence-corrected chi connectivity index (χ2v) is 17.5. The summed E-state index contributed by atoms with van der Waals surface area (Å²) in [6.45, 7) is 11.1. The predicted octanol–water partition coefficient (Wildman–Crippen LogP) is 7.56. The van der Waals surface area contributed by atoms with Crippen molar-refractivity contribution in [1.82, 2.24) is 0 Å². The minimum absolute atomic E-state index is 0.144. The van der Waals surface area contributed by atoms with E-state index in [9.17, 15) is 13.2 Å². The number of thiophene rings is 1. The van der Waals surface area contributed by atoms with Crippen LogP contribution < -0.4 is 11.5 Å². The van der Waals surface area contributed by atoms with Gasteiger partial charge in [0.15, 0.2) is 0 Å². The number of hydrogen-bond donors (Lipinski definition) is 2. The molecule has 1 atom stereocenters. The number of aryl methyl sites for hydroxylation is 3. The SMILES string of the molecule is CSc1sc(/C(N)=N/C(=O)OC(C)(C)C)cc1S(=O)(=NS(=O)(=O)c1ccc(N)cc1)c1cccc(-c2c(C)cc(C)cc2C)c1. The number of sulfonamides is 1. The van der Waals surface area contributed by atoms with Gasteiger partial charge in [-0.25, -0.2) is 9.00 Å². The molecular formula is C32H36N4O5S4. The van der Waals surface area contributed by atoms with E-state index in [1.165, 1.54) is 42.1 Å². The van der Waals surface area contributed by atoms with Crippen molar-refractivity contribution in [2.24, 2.45) is 14.5 Å². The van der Waals surface area contributed by atoms with Gasteiger partial charge in [0.25, 0.3) is 10.0 Å². The molecule has 0 aliphatic rings. The van der Waals surface area contributed by atoms with Crippen LogP contribution in [-0.2, 0) is 24.5 Å². The summed E-state index contributed by atoms with van der Waals surface area (Å²) in [6.07, 6.45) is 0.887. The van der Waals surface area contributed by atoms with Gasteiger partial charge in [0.05, 0.1) is 23.8 Å². The molecule has 9 nitrogen and oxygen atoms in total. The highest BCUT2D eigenvalue weighted by Crippen LogP contribution is 2.40. The molecule has 4 N–H and O–H groups in total. The molecule has 13 heteroatoms. The van der Waals surface area contributed by atoms with Crippen LogP contribution in [0.1, 0.15) is 42.3 Å². The Morgan fingerprint density at radius 1 is 0.911 bits per heavy atom. The van der Waals surface area contributed by atoms with Gasteiger partial charge in [-0.15, -0.1) is 23.1 Å². The maximum atomic E-state index is 15.3. The third-order valence-electron chi connectivity index (χ3n) is 6.51. The molecule has 4 rings (SSSR count). The molecule has 0 saturated carbocycles. The summed E-state index contributed by atoms with van der Waals surface area (Å²) in [5.41, 5.74) is 16.5. The van der Waals surface area contributed by atoms with Crippen LogP contribution in [-0.4, -0.2) is 36.4 Å². The van der Waals surface area contributed by atoms with Crippen LogP contribution in [0.5, 0.6) is 0 Å². The number of nitrogen functional groups attached to an aromatic ring is 1. The van der Waals surface area contributed by atoms with Crippen molar-refractivity contribution in [2.45, 2.75) is 66.0 Å². The van der Waals surface area contributed by atoms with E-state index in [4.69, 9.17) is 16.2 Å². The average molecular weight is 685 g/mol. The van der Waals surface area contributed by atoms with Crippen LogP contribution in [0.3, 0.4) is 0 Å². The Hall–Kier alpha value is -3.65. The number of amidine groups is 1. The Morgan fingerprint density at radius 2 is 1.53 bits per heavy atom. The topological polar surface area (TPSA) is 154 Å². The van der Waals surface area contributed by atoms with Crippen LogP contribution >= 0.6 is 23.1 Å². The van der Waals surface area contributed by atoms with Crippen molar-refractivity contribution in [2.75, 3.05) is 12.0 Å². The third kappa shape index (κ3) is 7.78. The Balaban J connectivity index is 2.00. The second kappa shape index (κ2) is 13.0. The van der Waals surface area contributed by atoms with Crippen molar-refractivity contribution in [1.29, 1.82) is 0 Å². The number of carbonyl (C=O) groups is 1. The summed E-state index contributed by atoms with van der Waals surface area (Å²) in [7, 11) is -8.32. The predicted molar refractivity (Wildman–Crippen MR) is 184 cm³/mol. The highest BCUT2D eigenvalue weighted by Gasteiger charge is 2.29. The van der Waals surface area contributed by atoms with E-state index < -0.39 is 31.4 Å². The van der Waals surface area contributed by atoms with Gasteiger partial charge in [0, 0.05) is 5.69 Å². The van der Waals surface area contributed by atoms with E-state index in [1.807, 2.05) is 26.8 Å². The van der Waals surface area contributed by atoms with E-state index in [0.29, 0.717) is 14.8 Å². The number of aliphatic imine (C=N–C) groups is 1. The highest BCUT2D eigenvalue weighted by molar-refractivity contribution is 8.05. The molecule has 0 aliphatic heterocycles. The summed E-state index contributed by atoms with van der Waals surface area (Å²) < 4.78 is 52.7. The molecule has 0 bridgehead atoms. The molecule has 45 heavy (non-hydrogen) atoms. The molecule has 1 heterocycles. The van der Waals surface area contributed by atoms with Crippen molar-refractivity contribution in [3.63, 3.8) is 0 Å².